The third kappa shape index (κ3) is 6.01. The Morgan fingerprint density at radius 1 is 0.933 bits per heavy atom. The van der Waals surface area contributed by atoms with Crippen molar-refractivity contribution >= 4 is 6.29 Å². The summed E-state index contributed by atoms with van der Waals surface area (Å²) in [6.45, 7) is 1.98. The molecule has 0 radical (unpaired) electrons. The van der Waals surface area contributed by atoms with Crippen LogP contribution in [0.25, 0.3) is 0 Å². The summed E-state index contributed by atoms with van der Waals surface area (Å²) in [5.74, 6) is 0.509. The lowest BCUT2D eigenvalue weighted by molar-refractivity contribution is -0.274. The first-order valence-electron chi connectivity index (χ1n) is 9.12. The zero-order valence-electron chi connectivity index (χ0n) is 16.1. The molecule has 0 saturated carbocycles. The second-order valence-electron chi connectivity index (χ2n) is 6.48. The molecule has 0 heterocycles. The fraction of sp³-hybridized carbons (Fsp3) is 0.174. The van der Waals surface area contributed by atoms with Gasteiger partial charge in [-0.3, -0.25) is 4.79 Å². The van der Waals surface area contributed by atoms with Gasteiger partial charge in [-0.2, -0.15) is 0 Å². The predicted octanol–water partition coefficient (Wildman–Crippen LogP) is 6.12. The minimum absolute atomic E-state index is 0.100. The number of rotatable bonds is 8. The summed E-state index contributed by atoms with van der Waals surface area (Å²) in [6.07, 6.45) is -4.31. The summed E-state index contributed by atoms with van der Waals surface area (Å²) >= 11 is 0. The lowest BCUT2D eigenvalue weighted by Crippen LogP contribution is -2.17. The van der Waals surface area contributed by atoms with E-state index < -0.39 is 6.36 Å². The molecule has 1 atom stereocenters. The van der Waals surface area contributed by atoms with E-state index in [4.69, 9.17) is 9.47 Å². The van der Waals surface area contributed by atoms with Crippen LogP contribution in [0.2, 0.25) is 0 Å². The number of benzene rings is 3. The van der Waals surface area contributed by atoms with Crippen molar-refractivity contribution in [1.82, 2.24) is 0 Å². The number of carbonyl (C=O) groups is 1. The van der Waals surface area contributed by atoms with E-state index in [9.17, 15) is 18.0 Å². The molecule has 3 aromatic carbocycles. The standard InChI is InChI=1S/C23H19F3O4/c1-16(19-5-3-2-4-6-19)29-22-13-18(14-27)9-12-21(22)28-15-17-7-10-20(11-8-17)30-23(24,25)26/h2-14,16H,15H2,1H3/t16-/m1/s1. The van der Waals surface area contributed by atoms with Gasteiger partial charge >= 0.3 is 6.36 Å². The van der Waals surface area contributed by atoms with Crippen LogP contribution in [0, 0.1) is 0 Å². The zero-order valence-corrected chi connectivity index (χ0v) is 16.1. The summed E-state index contributed by atoms with van der Waals surface area (Å²) in [6, 6.07) is 19.8. The molecule has 0 aliphatic carbocycles. The summed E-state index contributed by atoms with van der Waals surface area (Å²) in [7, 11) is 0. The van der Waals surface area contributed by atoms with Gasteiger partial charge in [-0.1, -0.05) is 42.5 Å². The Morgan fingerprint density at radius 3 is 2.27 bits per heavy atom. The molecule has 0 aliphatic rings. The van der Waals surface area contributed by atoms with E-state index in [-0.39, 0.29) is 18.5 Å². The van der Waals surface area contributed by atoms with Crippen molar-refractivity contribution in [3.05, 3.63) is 89.5 Å². The smallest absolute Gasteiger partial charge is 0.485 e. The van der Waals surface area contributed by atoms with Gasteiger partial charge in [0.1, 0.15) is 24.7 Å². The van der Waals surface area contributed by atoms with Crippen molar-refractivity contribution in [1.29, 1.82) is 0 Å². The number of hydrogen-bond acceptors (Lipinski definition) is 4. The highest BCUT2D eigenvalue weighted by molar-refractivity contribution is 5.76. The van der Waals surface area contributed by atoms with Crippen LogP contribution in [0.3, 0.4) is 0 Å². The van der Waals surface area contributed by atoms with Crippen LogP contribution in [-0.4, -0.2) is 12.6 Å². The lowest BCUT2D eigenvalue weighted by Gasteiger charge is -2.18. The van der Waals surface area contributed by atoms with E-state index >= 15 is 0 Å². The molecule has 4 nitrogen and oxygen atoms in total. The summed E-state index contributed by atoms with van der Waals surface area (Å²) in [5, 5.41) is 0. The van der Waals surface area contributed by atoms with Crippen molar-refractivity contribution in [2.45, 2.75) is 26.0 Å². The number of hydrogen-bond donors (Lipinski definition) is 0. The number of halogens is 3. The second kappa shape index (κ2) is 9.35. The van der Waals surface area contributed by atoms with Gasteiger partial charge in [0.25, 0.3) is 0 Å². The maximum Gasteiger partial charge on any atom is 0.573 e. The summed E-state index contributed by atoms with van der Waals surface area (Å²) in [4.78, 5) is 11.1. The summed E-state index contributed by atoms with van der Waals surface area (Å²) in [5.41, 5.74) is 2.04. The average molecular weight is 416 g/mol. The number of carbonyl (C=O) groups excluding carboxylic acids is 1. The third-order valence-corrected chi connectivity index (χ3v) is 4.23. The average Bonchev–Trinajstić information content (AvgIpc) is 2.73. The van der Waals surface area contributed by atoms with Crippen LogP contribution in [0.1, 0.15) is 34.5 Å². The van der Waals surface area contributed by atoms with Gasteiger partial charge in [-0.25, -0.2) is 0 Å². The summed E-state index contributed by atoms with van der Waals surface area (Å²) < 4.78 is 52.4. The SMILES string of the molecule is C[C@@H](Oc1cc(C=O)ccc1OCc1ccc(OC(F)(F)F)cc1)c1ccccc1. The molecule has 30 heavy (non-hydrogen) atoms. The first kappa shape index (κ1) is 21.2. The highest BCUT2D eigenvalue weighted by atomic mass is 19.4. The molecule has 3 aromatic rings. The van der Waals surface area contributed by atoms with Crippen molar-refractivity contribution in [2.24, 2.45) is 0 Å². The van der Waals surface area contributed by atoms with Crippen LogP contribution in [0.5, 0.6) is 17.2 Å². The van der Waals surface area contributed by atoms with E-state index in [0.29, 0.717) is 28.9 Å². The molecule has 0 aromatic heterocycles. The quantitative estimate of drug-likeness (QED) is 0.415. The van der Waals surface area contributed by atoms with Gasteiger partial charge in [-0.05, 0) is 48.4 Å². The van der Waals surface area contributed by atoms with Crippen LogP contribution >= 0.6 is 0 Å². The van der Waals surface area contributed by atoms with Gasteiger partial charge in [0, 0.05) is 5.56 Å². The molecule has 0 aliphatic heterocycles. The van der Waals surface area contributed by atoms with Gasteiger partial charge in [0.15, 0.2) is 11.5 Å². The molecule has 0 amide bonds. The van der Waals surface area contributed by atoms with E-state index in [1.165, 1.54) is 24.3 Å². The van der Waals surface area contributed by atoms with Crippen LogP contribution < -0.4 is 14.2 Å². The maximum absolute atomic E-state index is 12.3. The Hall–Kier alpha value is -3.48. The predicted molar refractivity (Wildman–Crippen MR) is 105 cm³/mol. The molecule has 0 fully saturated rings. The van der Waals surface area contributed by atoms with Crippen molar-refractivity contribution in [3.63, 3.8) is 0 Å². The Bertz CT molecular complexity index is 970. The maximum atomic E-state index is 12.3. The fourth-order valence-electron chi connectivity index (χ4n) is 2.74. The fourth-order valence-corrected chi connectivity index (χ4v) is 2.74. The first-order valence-corrected chi connectivity index (χ1v) is 9.12. The highest BCUT2D eigenvalue weighted by Gasteiger charge is 2.30. The topological polar surface area (TPSA) is 44.8 Å². The van der Waals surface area contributed by atoms with Crippen molar-refractivity contribution in [2.75, 3.05) is 0 Å². The molecular weight excluding hydrogens is 397 g/mol. The van der Waals surface area contributed by atoms with Crippen LogP contribution in [0.15, 0.2) is 72.8 Å². The molecule has 0 saturated heterocycles. The minimum atomic E-state index is -4.74. The Morgan fingerprint density at radius 2 is 1.63 bits per heavy atom. The number of alkyl halides is 3. The molecule has 0 spiro atoms. The Kier molecular flexibility index (Phi) is 6.61. The van der Waals surface area contributed by atoms with Crippen molar-refractivity contribution in [3.8, 4) is 17.2 Å². The number of ether oxygens (including phenoxy) is 3. The molecule has 0 bridgehead atoms. The zero-order chi connectivity index (χ0) is 21.6. The Labute approximate surface area is 171 Å². The van der Waals surface area contributed by atoms with Crippen LogP contribution in [-0.2, 0) is 6.61 Å². The lowest BCUT2D eigenvalue weighted by atomic mass is 10.1. The van der Waals surface area contributed by atoms with Gasteiger partial charge in [0.05, 0.1) is 0 Å². The van der Waals surface area contributed by atoms with E-state index in [2.05, 4.69) is 4.74 Å². The van der Waals surface area contributed by atoms with Gasteiger partial charge in [-0.15, -0.1) is 13.2 Å². The minimum Gasteiger partial charge on any atom is -0.485 e. The van der Waals surface area contributed by atoms with Crippen molar-refractivity contribution < 1.29 is 32.2 Å². The van der Waals surface area contributed by atoms with E-state index in [1.807, 2.05) is 37.3 Å². The molecule has 0 N–H and O–H groups in total. The van der Waals surface area contributed by atoms with E-state index in [1.54, 1.807) is 18.2 Å². The normalized spacial score (nSPS) is 12.1. The van der Waals surface area contributed by atoms with Gasteiger partial charge in [0.2, 0.25) is 0 Å². The number of aldehydes is 1. The third-order valence-electron chi connectivity index (χ3n) is 4.23. The molecule has 3 rings (SSSR count). The molecule has 156 valence electrons. The Balaban J connectivity index is 1.71. The van der Waals surface area contributed by atoms with Gasteiger partial charge < -0.3 is 14.2 Å². The first-order chi connectivity index (χ1) is 14.3. The molecule has 7 heteroatoms. The largest absolute Gasteiger partial charge is 0.573 e. The second-order valence-corrected chi connectivity index (χ2v) is 6.48. The molecular formula is C23H19F3O4. The highest BCUT2D eigenvalue weighted by Crippen LogP contribution is 2.33. The monoisotopic (exact) mass is 416 g/mol. The van der Waals surface area contributed by atoms with E-state index in [0.717, 1.165) is 5.56 Å². The molecule has 0 unspecified atom stereocenters. The van der Waals surface area contributed by atoms with Crippen LogP contribution in [0.4, 0.5) is 13.2 Å².